The molecule has 1 fully saturated rings. The summed E-state index contributed by atoms with van der Waals surface area (Å²) in [6, 6.07) is 27.5. The lowest BCUT2D eigenvalue weighted by molar-refractivity contribution is -0.126. The van der Waals surface area contributed by atoms with E-state index >= 15 is 0 Å². The van der Waals surface area contributed by atoms with Crippen LogP contribution in [0.3, 0.4) is 0 Å². The van der Waals surface area contributed by atoms with Gasteiger partial charge in [0.2, 0.25) is 5.91 Å². The Labute approximate surface area is 213 Å². The van der Waals surface area contributed by atoms with Crippen molar-refractivity contribution in [3.8, 4) is 5.75 Å². The number of para-hydroxylation sites is 2. The fourth-order valence-electron chi connectivity index (χ4n) is 5.30. The normalized spacial score (nSPS) is 14.7. The molecule has 1 aliphatic heterocycles. The van der Waals surface area contributed by atoms with E-state index in [4.69, 9.17) is 4.74 Å². The number of fused-ring (bicyclic) bond motifs is 1. The average molecular weight is 482 g/mol. The van der Waals surface area contributed by atoms with Gasteiger partial charge in [0, 0.05) is 42.3 Å². The predicted octanol–water partition coefficient (Wildman–Crippen LogP) is 5.54. The number of benzene rings is 3. The number of nitrogens with one attached hydrogen (secondary N) is 1. The molecule has 0 aliphatic carbocycles. The topological polar surface area (TPSA) is 46.5 Å². The van der Waals surface area contributed by atoms with Crippen LogP contribution in [0.15, 0.2) is 78.9 Å². The smallest absolute Gasteiger partial charge is 0.223 e. The Hall–Kier alpha value is -3.57. The lowest BCUT2D eigenvalue weighted by Gasteiger charge is -2.31. The molecular formula is C31H35N3O2. The molecule has 0 spiro atoms. The molecule has 4 aromatic rings. The highest BCUT2D eigenvalue weighted by Gasteiger charge is 2.26. The second kappa shape index (κ2) is 11.0. The molecule has 0 unspecified atom stereocenters. The molecule has 5 nitrogen and oxygen atoms in total. The van der Waals surface area contributed by atoms with Crippen LogP contribution in [0.25, 0.3) is 10.9 Å². The Bertz CT molecular complexity index is 1330. The summed E-state index contributed by atoms with van der Waals surface area (Å²) in [4.78, 5) is 15.4. The number of piperidine rings is 1. The summed E-state index contributed by atoms with van der Waals surface area (Å²) in [5.74, 6) is 1.02. The van der Waals surface area contributed by atoms with Crippen LogP contribution in [0.4, 0.5) is 0 Å². The van der Waals surface area contributed by atoms with Gasteiger partial charge in [-0.15, -0.1) is 0 Å². The van der Waals surface area contributed by atoms with Crippen molar-refractivity contribution in [2.24, 2.45) is 5.92 Å². The van der Waals surface area contributed by atoms with Gasteiger partial charge in [-0.1, -0.05) is 60.7 Å². The molecule has 0 bridgehead atoms. The number of methoxy groups -OCH3 is 1. The standard InChI is InChI=1S/C31H35N3O2/c1-23-9-3-4-12-27(23)21-34-28(19-25-10-5-7-13-29(25)34)22-33-17-15-24(16-18-33)31(35)32-20-26-11-6-8-14-30(26)36-2/h3-14,19,24H,15-18,20-22H2,1-2H3,(H,32,35). The van der Waals surface area contributed by atoms with E-state index in [1.807, 2.05) is 24.3 Å². The van der Waals surface area contributed by atoms with Gasteiger partial charge in [0.25, 0.3) is 0 Å². The minimum absolute atomic E-state index is 0.0637. The Kier molecular flexibility index (Phi) is 7.38. The highest BCUT2D eigenvalue weighted by molar-refractivity contribution is 5.81. The number of likely N-dealkylation sites (tertiary alicyclic amines) is 1. The Balaban J connectivity index is 1.22. The molecule has 2 heterocycles. The first kappa shape index (κ1) is 24.1. The zero-order valence-electron chi connectivity index (χ0n) is 21.2. The number of rotatable bonds is 8. The second-order valence-electron chi connectivity index (χ2n) is 9.79. The molecule has 186 valence electrons. The summed E-state index contributed by atoms with van der Waals surface area (Å²) in [6.07, 6.45) is 1.77. The summed E-state index contributed by atoms with van der Waals surface area (Å²) in [5, 5.41) is 4.41. The summed E-state index contributed by atoms with van der Waals surface area (Å²) < 4.78 is 7.87. The van der Waals surface area contributed by atoms with Crippen LogP contribution in [0, 0.1) is 12.8 Å². The molecule has 0 radical (unpaired) electrons. The largest absolute Gasteiger partial charge is 0.496 e. The Morgan fingerprint density at radius 1 is 0.917 bits per heavy atom. The van der Waals surface area contributed by atoms with Crippen molar-refractivity contribution in [2.75, 3.05) is 20.2 Å². The van der Waals surface area contributed by atoms with Crippen molar-refractivity contribution in [3.63, 3.8) is 0 Å². The van der Waals surface area contributed by atoms with Gasteiger partial charge >= 0.3 is 0 Å². The molecule has 1 N–H and O–H groups in total. The third-order valence-corrected chi connectivity index (χ3v) is 7.48. The molecule has 3 aromatic carbocycles. The monoisotopic (exact) mass is 481 g/mol. The maximum absolute atomic E-state index is 12.9. The number of carbonyl (C=O) groups is 1. The van der Waals surface area contributed by atoms with Crippen molar-refractivity contribution < 1.29 is 9.53 Å². The Morgan fingerprint density at radius 3 is 2.39 bits per heavy atom. The number of hydrogen-bond acceptors (Lipinski definition) is 3. The quantitative estimate of drug-likeness (QED) is 0.360. The number of aryl methyl sites for hydroxylation is 1. The van der Waals surface area contributed by atoms with Crippen LogP contribution in [-0.2, 0) is 24.4 Å². The molecule has 1 aromatic heterocycles. The molecular weight excluding hydrogens is 446 g/mol. The predicted molar refractivity (Wildman–Crippen MR) is 145 cm³/mol. The zero-order chi connectivity index (χ0) is 24.9. The van der Waals surface area contributed by atoms with Crippen LogP contribution in [0.5, 0.6) is 5.75 Å². The van der Waals surface area contributed by atoms with Crippen molar-refractivity contribution in [3.05, 3.63) is 101 Å². The van der Waals surface area contributed by atoms with Crippen molar-refractivity contribution >= 4 is 16.8 Å². The maximum atomic E-state index is 12.9. The molecule has 0 atom stereocenters. The lowest BCUT2D eigenvalue weighted by atomic mass is 9.95. The molecule has 1 amide bonds. The van der Waals surface area contributed by atoms with Crippen LogP contribution in [-0.4, -0.2) is 35.6 Å². The SMILES string of the molecule is COc1ccccc1CNC(=O)C1CCN(Cc2cc3ccccc3n2Cc2ccccc2C)CC1. The van der Waals surface area contributed by atoms with Gasteiger partial charge in [0.15, 0.2) is 0 Å². The summed E-state index contributed by atoms with van der Waals surface area (Å²) in [5.41, 5.74) is 6.29. The van der Waals surface area contributed by atoms with Crippen molar-refractivity contribution in [2.45, 2.75) is 39.4 Å². The lowest BCUT2D eigenvalue weighted by Crippen LogP contribution is -2.40. The van der Waals surface area contributed by atoms with E-state index in [-0.39, 0.29) is 11.8 Å². The molecule has 5 rings (SSSR count). The third kappa shape index (κ3) is 5.31. The second-order valence-corrected chi connectivity index (χ2v) is 9.79. The minimum Gasteiger partial charge on any atom is -0.496 e. The first-order valence-electron chi connectivity index (χ1n) is 12.9. The first-order chi connectivity index (χ1) is 17.6. The van der Waals surface area contributed by atoms with E-state index in [0.717, 1.165) is 50.3 Å². The van der Waals surface area contributed by atoms with Gasteiger partial charge in [-0.05, 0) is 67.6 Å². The minimum atomic E-state index is 0.0637. The number of carbonyl (C=O) groups excluding carboxylic acids is 1. The number of ether oxygens (including phenoxy) is 1. The van der Waals surface area contributed by atoms with Crippen LogP contribution in [0.2, 0.25) is 0 Å². The van der Waals surface area contributed by atoms with Gasteiger partial charge < -0.3 is 14.6 Å². The number of hydrogen-bond donors (Lipinski definition) is 1. The van der Waals surface area contributed by atoms with Gasteiger partial charge in [-0.25, -0.2) is 0 Å². The van der Waals surface area contributed by atoms with Gasteiger partial charge in [-0.3, -0.25) is 9.69 Å². The highest BCUT2D eigenvalue weighted by Crippen LogP contribution is 2.26. The molecule has 1 saturated heterocycles. The maximum Gasteiger partial charge on any atom is 0.223 e. The number of aromatic nitrogens is 1. The van der Waals surface area contributed by atoms with Gasteiger partial charge in [0.05, 0.1) is 7.11 Å². The third-order valence-electron chi connectivity index (χ3n) is 7.48. The van der Waals surface area contributed by atoms with E-state index in [0.29, 0.717) is 6.54 Å². The Morgan fingerprint density at radius 2 is 1.61 bits per heavy atom. The fourth-order valence-corrected chi connectivity index (χ4v) is 5.30. The van der Waals surface area contributed by atoms with Crippen LogP contribution in [0.1, 0.15) is 35.2 Å². The molecule has 1 aliphatic rings. The van der Waals surface area contributed by atoms with E-state index in [9.17, 15) is 4.79 Å². The summed E-state index contributed by atoms with van der Waals surface area (Å²) in [7, 11) is 1.66. The first-order valence-corrected chi connectivity index (χ1v) is 12.9. The average Bonchev–Trinajstić information content (AvgIpc) is 3.25. The van der Waals surface area contributed by atoms with Crippen molar-refractivity contribution in [1.29, 1.82) is 0 Å². The summed E-state index contributed by atoms with van der Waals surface area (Å²) >= 11 is 0. The van der Waals surface area contributed by atoms with E-state index in [1.165, 1.54) is 27.7 Å². The molecule has 0 saturated carbocycles. The van der Waals surface area contributed by atoms with Gasteiger partial charge in [-0.2, -0.15) is 0 Å². The number of amides is 1. The highest BCUT2D eigenvalue weighted by atomic mass is 16.5. The van der Waals surface area contributed by atoms with E-state index < -0.39 is 0 Å². The van der Waals surface area contributed by atoms with Crippen molar-refractivity contribution in [1.82, 2.24) is 14.8 Å². The molecule has 5 heteroatoms. The van der Waals surface area contributed by atoms with E-state index in [2.05, 4.69) is 76.3 Å². The van der Waals surface area contributed by atoms with E-state index in [1.54, 1.807) is 7.11 Å². The number of nitrogens with zero attached hydrogens (tertiary/aromatic N) is 2. The summed E-state index contributed by atoms with van der Waals surface area (Å²) in [6.45, 7) is 6.32. The van der Waals surface area contributed by atoms with Gasteiger partial charge in [0.1, 0.15) is 5.75 Å². The zero-order valence-corrected chi connectivity index (χ0v) is 21.2. The molecule has 36 heavy (non-hydrogen) atoms. The van der Waals surface area contributed by atoms with Crippen LogP contribution >= 0.6 is 0 Å². The van der Waals surface area contributed by atoms with Crippen LogP contribution < -0.4 is 10.1 Å². The fraction of sp³-hybridized carbons (Fsp3) is 0.323.